The lowest BCUT2D eigenvalue weighted by Crippen LogP contribution is -2.23. The monoisotopic (exact) mass is 331 g/mol. The third-order valence-corrected chi connectivity index (χ3v) is 4.19. The first-order valence-electron chi connectivity index (χ1n) is 7.15. The van der Waals surface area contributed by atoms with E-state index in [1.807, 2.05) is 0 Å². The summed E-state index contributed by atoms with van der Waals surface area (Å²) in [7, 11) is 0. The molecule has 0 amide bonds. The molecule has 1 atom stereocenters. The van der Waals surface area contributed by atoms with Crippen LogP contribution in [0.2, 0.25) is 0 Å². The van der Waals surface area contributed by atoms with Gasteiger partial charge in [-0.05, 0) is 49.6 Å². The smallest absolute Gasteiger partial charge is 0.0372 e. The van der Waals surface area contributed by atoms with E-state index in [-0.39, 0.29) is 0 Å². The van der Waals surface area contributed by atoms with E-state index < -0.39 is 0 Å². The minimum absolute atomic E-state index is 0.344. The maximum atomic E-state index is 3.71. The number of hydrogen-bond donors (Lipinski definition) is 1. The van der Waals surface area contributed by atoms with Crippen LogP contribution in [0.25, 0.3) is 0 Å². The van der Waals surface area contributed by atoms with Gasteiger partial charge in [-0.1, -0.05) is 64.8 Å². The highest BCUT2D eigenvalue weighted by Gasteiger charge is 2.14. The molecule has 1 nitrogen and oxygen atoms in total. The van der Waals surface area contributed by atoms with E-state index >= 15 is 0 Å². The first kappa shape index (κ1) is 15.3. The van der Waals surface area contributed by atoms with E-state index in [1.165, 1.54) is 26.7 Å². The minimum atomic E-state index is 0.344. The zero-order valence-electron chi connectivity index (χ0n) is 12.4. The van der Waals surface area contributed by atoms with Crippen LogP contribution in [0, 0.1) is 13.8 Å². The Kier molecular flexibility index (Phi) is 5.38. The average Bonchev–Trinajstić information content (AvgIpc) is 2.38. The van der Waals surface area contributed by atoms with Gasteiger partial charge in [0.2, 0.25) is 0 Å². The van der Waals surface area contributed by atoms with E-state index in [1.54, 1.807) is 0 Å². The van der Waals surface area contributed by atoms with Crippen molar-refractivity contribution in [2.45, 2.75) is 33.2 Å². The van der Waals surface area contributed by atoms with Gasteiger partial charge in [-0.3, -0.25) is 0 Å². The summed E-state index contributed by atoms with van der Waals surface area (Å²) in [4.78, 5) is 0. The largest absolute Gasteiger partial charge is 0.310 e. The fourth-order valence-corrected chi connectivity index (χ4v) is 3.30. The molecule has 2 aromatic rings. The Morgan fingerprint density at radius 3 is 2.45 bits per heavy atom. The molecule has 0 aliphatic rings. The van der Waals surface area contributed by atoms with Gasteiger partial charge in [-0.15, -0.1) is 0 Å². The Morgan fingerprint density at radius 1 is 1.05 bits per heavy atom. The second-order valence-electron chi connectivity index (χ2n) is 5.33. The Bertz CT molecular complexity index is 577. The second kappa shape index (κ2) is 7.05. The number of aryl methyl sites for hydroxylation is 2. The Hall–Kier alpha value is -1.12. The van der Waals surface area contributed by atoms with E-state index in [4.69, 9.17) is 0 Å². The van der Waals surface area contributed by atoms with Gasteiger partial charge < -0.3 is 5.32 Å². The summed E-state index contributed by atoms with van der Waals surface area (Å²) in [5.74, 6) is 0. The summed E-state index contributed by atoms with van der Waals surface area (Å²) in [6, 6.07) is 15.7. The number of nitrogens with one attached hydrogen (secondary N) is 1. The van der Waals surface area contributed by atoms with Crippen molar-refractivity contribution >= 4 is 15.9 Å². The van der Waals surface area contributed by atoms with Crippen molar-refractivity contribution in [2.24, 2.45) is 0 Å². The first-order valence-corrected chi connectivity index (χ1v) is 7.94. The van der Waals surface area contributed by atoms with Gasteiger partial charge in [0.05, 0.1) is 0 Å². The minimum Gasteiger partial charge on any atom is -0.310 e. The summed E-state index contributed by atoms with van der Waals surface area (Å²) in [5, 5.41) is 3.60. The number of halogens is 1. The third kappa shape index (κ3) is 3.94. The van der Waals surface area contributed by atoms with Gasteiger partial charge in [-0.2, -0.15) is 0 Å². The van der Waals surface area contributed by atoms with Crippen LogP contribution in [-0.2, 0) is 6.42 Å². The highest BCUT2D eigenvalue weighted by molar-refractivity contribution is 9.10. The lowest BCUT2D eigenvalue weighted by atomic mass is 9.97. The molecule has 0 aliphatic carbocycles. The van der Waals surface area contributed by atoms with Crippen molar-refractivity contribution in [3.05, 3.63) is 69.2 Å². The number of hydrogen-bond acceptors (Lipinski definition) is 1. The predicted molar refractivity (Wildman–Crippen MR) is 90.2 cm³/mol. The standard InChI is InChI=1S/C18H22BrN/c1-4-20-18(12-15-7-5-6-13(2)10-15)16-9-8-14(3)11-17(16)19/h5-11,18,20H,4,12H2,1-3H3. The molecular formula is C18H22BrN. The zero-order chi connectivity index (χ0) is 14.5. The molecule has 1 N–H and O–H groups in total. The van der Waals surface area contributed by atoms with Crippen LogP contribution in [0.4, 0.5) is 0 Å². The summed E-state index contributed by atoms with van der Waals surface area (Å²) in [6.07, 6.45) is 1.01. The normalized spacial score (nSPS) is 12.4. The van der Waals surface area contributed by atoms with E-state index in [0.717, 1.165) is 13.0 Å². The summed E-state index contributed by atoms with van der Waals surface area (Å²) in [6.45, 7) is 7.40. The van der Waals surface area contributed by atoms with Crippen LogP contribution >= 0.6 is 15.9 Å². The van der Waals surface area contributed by atoms with Crippen LogP contribution in [-0.4, -0.2) is 6.54 Å². The van der Waals surface area contributed by atoms with Crippen LogP contribution < -0.4 is 5.32 Å². The molecule has 2 aromatic carbocycles. The molecule has 0 radical (unpaired) electrons. The van der Waals surface area contributed by atoms with Crippen LogP contribution in [0.5, 0.6) is 0 Å². The molecular weight excluding hydrogens is 310 g/mol. The van der Waals surface area contributed by atoms with E-state index in [2.05, 4.69) is 84.5 Å². The van der Waals surface area contributed by atoms with Gasteiger partial charge in [-0.25, -0.2) is 0 Å². The third-order valence-electron chi connectivity index (χ3n) is 3.50. The SMILES string of the molecule is CCNC(Cc1cccc(C)c1)c1ccc(C)cc1Br. The van der Waals surface area contributed by atoms with Crippen LogP contribution in [0.1, 0.15) is 35.2 Å². The summed E-state index contributed by atoms with van der Waals surface area (Å²) >= 11 is 3.71. The molecule has 1 unspecified atom stereocenters. The molecule has 0 aliphatic heterocycles. The van der Waals surface area contributed by atoms with Crippen molar-refractivity contribution in [1.29, 1.82) is 0 Å². The number of likely N-dealkylation sites (N-methyl/N-ethyl adjacent to an activating group) is 1. The maximum absolute atomic E-state index is 3.71. The molecule has 0 saturated heterocycles. The molecule has 106 valence electrons. The van der Waals surface area contributed by atoms with Crippen molar-refractivity contribution < 1.29 is 0 Å². The molecule has 20 heavy (non-hydrogen) atoms. The molecule has 0 bridgehead atoms. The van der Waals surface area contributed by atoms with E-state index in [9.17, 15) is 0 Å². The summed E-state index contributed by atoms with van der Waals surface area (Å²) in [5.41, 5.74) is 5.31. The van der Waals surface area contributed by atoms with Crippen molar-refractivity contribution in [2.75, 3.05) is 6.54 Å². The number of rotatable bonds is 5. The molecule has 0 spiro atoms. The van der Waals surface area contributed by atoms with Gasteiger partial charge in [0.25, 0.3) is 0 Å². The van der Waals surface area contributed by atoms with Crippen molar-refractivity contribution in [3.8, 4) is 0 Å². The van der Waals surface area contributed by atoms with Crippen molar-refractivity contribution in [1.82, 2.24) is 5.32 Å². The Morgan fingerprint density at radius 2 is 1.80 bits per heavy atom. The van der Waals surface area contributed by atoms with Crippen LogP contribution in [0.3, 0.4) is 0 Å². The van der Waals surface area contributed by atoms with Gasteiger partial charge in [0, 0.05) is 10.5 Å². The van der Waals surface area contributed by atoms with Crippen molar-refractivity contribution in [3.63, 3.8) is 0 Å². The molecule has 2 heteroatoms. The molecule has 0 heterocycles. The van der Waals surface area contributed by atoms with Gasteiger partial charge in [0.15, 0.2) is 0 Å². The molecule has 0 aromatic heterocycles. The predicted octanol–water partition coefficient (Wildman–Crippen LogP) is 4.96. The molecule has 0 saturated carbocycles. The Balaban J connectivity index is 2.26. The second-order valence-corrected chi connectivity index (χ2v) is 6.18. The quantitative estimate of drug-likeness (QED) is 0.816. The first-order chi connectivity index (χ1) is 9.60. The molecule has 2 rings (SSSR count). The highest BCUT2D eigenvalue weighted by Crippen LogP contribution is 2.27. The summed E-state index contributed by atoms with van der Waals surface area (Å²) < 4.78 is 1.19. The van der Waals surface area contributed by atoms with Gasteiger partial charge >= 0.3 is 0 Å². The topological polar surface area (TPSA) is 12.0 Å². The fourth-order valence-electron chi connectivity index (χ4n) is 2.53. The van der Waals surface area contributed by atoms with E-state index in [0.29, 0.717) is 6.04 Å². The molecule has 0 fully saturated rings. The highest BCUT2D eigenvalue weighted by atomic mass is 79.9. The van der Waals surface area contributed by atoms with Gasteiger partial charge in [0.1, 0.15) is 0 Å². The number of benzene rings is 2. The lowest BCUT2D eigenvalue weighted by Gasteiger charge is -2.20. The maximum Gasteiger partial charge on any atom is 0.0372 e. The lowest BCUT2D eigenvalue weighted by molar-refractivity contribution is 0.548. The fraction of sp³-hybridized carbons (Fsp3) is 0.333. The Labute approximate surface area is 130 Å². The van der Waals surface area contributed by atoms with Crippen LogP contribution in [0.15, 0.2) is 46.9 Å². The zero-order valence-corrected chi connectivity index (χ0v) is 14.0. The average molecular weight is 332 g/mol.